The smallest absolute Gasteiger partial charge is 0.227 e. The van der Waals surface area contributed by atoms with Gasteiger partial charge < -0.3 is 15.8 Å². The fourth-order valence-corrected chi connectivity index (χ4v) is 2.56. The number of hydrogen-bond donors (Lipinski definition) is 2. The van der Waals surface area contributed by atoms with Crippen molar-refractivity contribution in [2.45, 2.75) is 26.2 Å². The van der Waals surface area contributed by atoms with Gasteiger partial charge in [0.1, 0.15) is 5.75 Å². The SMILES string of the molecule is COc1cc(NC(=O)C2CCCC2C)ccc1N. The van der Waals surface area contributed by atoms with Gasteiger partial charge >= 0.3 is 0 Å². The van der Waals surface area contributed by atoms with Gasteiger partial charge in [-0.25, -0.2) is 0 Å². The Morgan fingerprint density at radius 2 is 2.22 bits per heavy atom. The minimum Gasteiger partial charge on any atom is -0.495 e. The van der Waals surface area contributed by atoms with Crippen molar-refractivity contribution >= 4 is 17.3 Å². The zero-order valence-corrected chi connectivity index (χ0v) is 10.9. The van der Waals surface area contributed by atoms with E-state index in [9.17, 15) is 4.79 Å². The van der Waals surface area contributed by atoms with E-state index in [1.165, 1.54) is 0 Å². The molecule has 2 rings (SSSR count). The molecule has 1 saturated carbocycles. The molecule has 0 saturated heterocycles. The zero-order chi connectivity index (χ0) is 13.1. The first kappa shape index (κ1) is 12.7. The molecule has 0 radical (unpaired) electrons. The fourth-order valence-electron chi connectivity index (χ4n) is 2.56. The highest BCUT2D eigenvalue weighted by Gasteiger charge is 2.29. The average molecular weight is 248 g/mol. The van der Waals surface area contributed by atoms with Crippen LogP contribution in [0.25, 0.3) is 0 Å². The Labute approximate surface area is 108 Å². The van der Waals surface area contributed by atoms with E-state index in [1.54, 1.807) is 25.3 Å². The van der Waals surface area contributed by atoms with E-state index in [0.29, 0.717) is 17.4 Å². The first-order valence-electron chi connectivity index (χ1n) is 6.36. The van der Waals surface area contributed by atoms with Gasteiger partial charge in [0.2, 0.25) is 5.91 Å². The van der Waals surface area contributed by atoms with Gasteiger partial charge in [0.25, 0.3) is 0 Å². The molecule has 98 valence electrons. The largest absolute Gasteiger partial charge is 0.495 e. The van der Waals surface area contributed by atoms with Crippen molar-refractivity contribution in [3.8, 4) is 5.75 Å². The number of ether oxygens (including phenoxy) is 1. The number of amides is 1. The van der Waals surface area contributed by atoms with Crippen LogP contribution in [0, 0.1) is 11.8 Å². The summed E-state index contributed by atoms with van der Waals surface area (Å²) in [6.07, 6.45) is 3.27. The molecule has 1 aromatic rings. The van der Waals surface area contributed by atoms with Gasteiger partial charge in [-0.05, 0) is 30.9 Å². The fraction of sp³-hybridized carbons (Fsp3) is 0.500. The lowest BCUT2D eigenvalue weighted by Gasteiger charge is -2.15. The summed E-state index contributed by atoms with van der Waals surface area (Å²) < 4.78 is 5.14. The molecule has 1 aromatic carbocycles. The summed E-state index contributed by atoms with van der Waals surface area (Å²) in [6, 6.07) is 5.30. The van der Waals surface area contributed by atoms with Gasteiger partial charge in [-0.1, -0.05) is 13.3 Å². The topological polar surface area (TPSA) is 64.3 Å². The van der Waals surface area contributed by atoms with Crippen LogP contribution in [0.2, 0.25) is 0 Å². The summed E-state index contributed by atoms with van der Waals surface area (Å²) in [5.74, 6) is 1.30. The van der Waals surface area contributed by atoms with Crippen molar-refractivity contribution in [1.29, 1.82) is 0 Å². The van der Waals surface area contributed by atoms with Crippen molar-refractivity contribution in [3.63, 3.8) is 0 Å². The number of nitrogens with two attached hydrogens (primary N) is 1. The number of carbonyl (C=O) groups is 1. The third-order valence-electron chi connectivity index (χ3n) is 3.70. The van der Waals surface area contributed by atoms with Crippen molar-refractivity contribution < 1.29 is 9.53 Å². The van der Waals surface area contributed by atoms with Crippen LogP contribution in [0.1, 0.15) is 26.2 Å². The molecular weight excluding hydrogens is 228 g/mol. The molecule has 1 amide bonds. The molecular formula is C14H20N2O2. The Hall–Kier alpha value is -1.71. The van der Waals surface area contributed by atoms with Crippen molar-refractivity contribution in [3.05, 3.63) is 18.2 Å². The molecule has 0 aliphatic heterocycles. The van der Waals surface area contributed by atoms with Gasteiger partial charge in [-0.2, -0.15) is 0 Å². The van der Waals surface area contributed by atoms with Gasteiger partial charge in [0.05, 0.1) is 12.8 Å². The van der Waals surface area contributed by atoms with Crippen LogP contribution in [0.3, 0.4) is 0 Å². The predicted molar refractivity (Wildman–Crippen MR) is 72.5 cm³/mol. The third kappa shape index (κ3) is 2.58. The summed E-state index contributed by atoms with van der Waals surface area (Å²) in [4.78, 5) is 12.1. The van der Waals surface area contributed by atoms with Crippen LogP contribution in [0.5, 0.6) is 5.75 Å². The van der Waals surface area contributed by atoms with Gasteiger partial charge in [0.15, 0.2) is 0 Å². The summed E-state index contributed by atoms with van der Waals surface area (Å²) in [5.41, 5.74) is 7.05. The lowest BCUT2D eigenvalue weighted by atomic mass is 9.97. The van der Waals surface area contributed by atoms with Gasteiger partial charge in [0, 0.05) is 17.7 Å². The highest BCUT2D eigenvalue weighted by molar-refractivity contribution is 5.93. The van der Waals surface area contributed by atoms with Crippen LogP contribution in [0.15, 0.2) is 18.2 Å². The second-order valence-electron chi connectivity index (χ2n) is 4.96. The monoisotopic (exact) mass is 248 g/mol. The Bertz CT molecular complexity index is 445. The predicted octanol–water partition coefficient (Wildman–Crippen LogP) is 2.65. The number of nitrogen functional groups attached to an aromatic ring is 1. The van der Waals surface area contributed by atoms with Gasteiger partial charge in [-0.15, -0.1) is 0 Å². The Morgan fingerprint density at radius 3 is 2.83 bits per heavy atom. The van der Waals surface area contributed by atoms with E-state index in [1.807, 2.05) is 0 Å². The second kappa shape index (κ2) is 5.29. The quantitative estimate of drug-likeness (QED) is 0.808. The molecule has 0 heterocycles. The molecule has 1 fully saturated rings. The number of anilines is 2. The average Bonchev–Trinajstić information content (AvgIpc) is 2.78. The van der Waals surface area contributed by atoms with Gasteiger partial charge in [-0.3, -0.25) is 4.79 Å². The van der Waals surface area contributed by atoms with Crippen LogP contribution in [0.4, 0.5) is 11.4 Å². The van der Waals surface area contributed by atoms with E-state index in [0.717, 1.165) is 24.9 Å². The molecule has 18 heavy (non-hydrogen) atoms. The number of nitrogens with one attached hydrogen (secondary N) is 1. The van der Waals surface area contributed by atoms with E-state index < -0.39 is 0 Å². The third-order valence-corrected chi connectivity index (χ3v) is 3.70. The lowest BCUT2D eigenvalue weighted by molar-refractivity contribution is -0.120. The minimum absolute atomic E-state index is 0.104. The molecule has 3 N–H and O–H groups in total. The maximum absolute atomic E-state index is 12.1. The lowest BCUT2D eigenvalue weighted by Crippen LogP contribution is -2.24. The number of hydrogen-bond acceptors (Lipinski definition) is 3. The summed E-state index contributed by atoms with van der Waals surface area (Å²) in [7, 11) is 1.57. The minimum atomic E-state index is 0.104. The van der Waals surface area contributed by atoms with Crippen molar-refractivity contribution in [2.75, 3.05) is 18.2 Å². The number of carbonyl (C=O) groups excluding carboxylic acids is 1. The highest BCUT2D eigenvalue weighted by Crippen LogP contribution is 2.32. The summed E-state index contributed by atoms with van der Waals surface area (Å²) >= 11 is 0. The zero-order valence-electron chi connectivity index (χ0n) is 10.9. The van der Waals surface area contributed by atoms with Crippen LogP contribution in [-0.4, -0.2) is 13.0 Å². The second-order valence-corrected chi connectivity index (χ2v) is 4.96. The van der Waals surface area contributed by atoms with E-state index in [-0.39, 0.29) is 11.8 Å². The molecule has 4 nitrogen and oxygen atoms in total. The molecule has 1 aliphatic carbocycles. The molecule has 0 bridgehead atoms. The van der Waals surface area contributed by atoms with E-state index in [4.69, 9.17) is 10.5 Å². The first-order valence-corrected chi connectivity index (χ1v) is 6.36. The molecule has 4 heteroatoms. The Morgan fingerprint density at radius 1 is 1.44 bits per heavy atom. The van der Waals surface area contributed by atoms with E-state index >= 15 is 0 Å². The number of benzene rings is 1. The summed E-state index contributed by atoms with van der Waals surface area (Å²) in [6.45, 7) is 2.14. The molecule has 1 aliphatic rings. The number of methoxy groups -OCH3 is 1. The van der Waals surface area contributed by atoms with Crippen LogP contribution >= 0.6 is 0 Å². The first-order chi connectivity index (χ1) is 8.61. The molecule has 2 atom stereocenters. The standard InChI is InChI=1S/C14H20N2O2/c1-9-4-3-5-11(9)14(17)16-10-6-7-12(15)13(8-10)18-2/h6-9,11H,3-5,15H2,1-2H3,(H,16,17). The maximum Gasteiger partial charge on any atom is 0.227 e. The number of rotatable bonds is 3. The van der Waals surface area contributed by atoms with Crippen LogP contribution < -0.4 is 15.8 Å². The van der Waals surface area contributed by atoms with Crippen molar-refractivity contribution in [2.24, 2.45) is 11.8 Å². The maximum atomic E-state index is 12.1. The molecule has 0 spiro atoms. The Balaban J connectivity index is 2.07. The molecule has 2 unspecified atom stereocenters. The highest BCUT2D eigenvalue weighted by atomic mass is 16.5. The summed E-state index contributed by atoms with van der Waals surface area (Å²) in [5, 5.41) is 2.94. The van der Waals surface area contributed by atoms with Crippen LogP contribution in [-0.2, 0) is 4.79 Å². The van der Waals surface area contributed by atoms with Crippen molar-refractivity contribution in [1.82, 2.24) is 0 Å². The van der Waals surface area contributed by atoms with E-state index in [2.05, 4.69) is 12.2 Å². The molecule has 0 aromatic heterocycles. The normalized spacial score (nSPS) is 22.8. The Kier molecular flexibility index (Phi) is 3.75.